The van der Waals surface area contributed by atoms with Crippen molar-refractivity contribution in [2.75, 3.05) is 6.54 Å². The summed E-state index contributed by atoms with van der Waals surface area (Å²) in [5, 5.41) is 14.3. The van der Waals surface area contributed by atoms with Crippen molar-refractivity contribution < 1.29 is 19.5 Å². The van der Waals surface area contributed by atoms with Gasteiger partial charge in [-0.1, -0.05) is 30.3 Å². The minimum atomic E-state index is -1.07. The Morgan fingerprint density at radius 1 is 1.09 bits per heavy atom. The largest absolute Gasteiger partial charge is 0.480 e. The van der Waals surface area contributed by atoms with Gasteiger partial charge in [0.25, 0.3) is 0 Å². The second kappa shape index (κ2) is 9.55. The Bertz CT molecular complexity index is 502. The maximum Gasteiger partial charge on any atom is 0.326 e. The van der Waals surface area contributed by atoms with Gasteiger partial charge in [-0.15, -0.1) is 0 Å². The van der Waals surface area contributed by atoms with E-state index in [2.05, 4.69) is 10.6 Å². The first kappa shape index (κ1) is 17.7. The highest BCUT2D eigenvalue weighted by Crippen LogP contribution is 2.04. The molecule has 6 heteroatoms. The number of amides is 2. The number of carbonyl (C=O) groups excluding carboxylic acids is 2. The van der Waals surface area contributed by atoms with E-state index in [1.54, 1.807) is 0 Å². The molecule has 0 spiro atoms. The van der Waals surface area contributed by atoms with E-state index in [4.69, 9.17) is 0 Å². The number of rotatable bonds is 9. The van der Waals surface area contributed by atoms with Crippen LogP contribution in [0.3, 0.4) is 0 Å². The Kier molecular flexibility index (Phi) is 7.67. The van der Waals surface area contributed by atoms with Crippen molar-refractivity contribution in [3.63, 3.8) is 0 Å². The summed E-state index contributed by atoms with van der Waals surface area (Å²) in [6.45, 7) is 2.38. The van der Waals surface area contributed by atoms with E-state index in [9.17, 15) is 19.5 Å². The molecule has 0 aliphatic heterocycles. The molecule has 1 aromatic rings. The number of carboxylic acids is 1. The molecule has 0 saturated carbocycles. The zero-order valence-corrected chi connectivity index (χ0v) is 12.7. The van der Waals surface area contributed by atoms with Crippen molar-refractivity contribution in [1.29, 1.82) is 0 Å². The van der Waals surface area contributed by atoms with Crippen molar-refractivity contribution in [3.8, 4) is 0 Å². The third kappa shape index (κ3) is 6.88. The molecule has 1 rings (SSSR count). The molecule has 0 unspecified atom stereocenters. The van der Waals surface area contributed by atoms with E-state index in [1.807, 2.05) is 37.3 Å². The van der Waals surface area contributed by atoms with Gasteiger partial charge in [0.05, 0.1) is 0 Å². The molecule has 0 radical (unpaired) electrons. The fourth-order valence-electron chi connectivity index (χ4n) is 2.01. The lowest BCUT2D eigenvalue weighted by molar-refractivity contribution is -0.141. The van der Waals surface area contributed by atoms with Gasteiger partial charge in [-0.2, -0.15) is 0 Å². The van der Waals surface area contributed by atoms with Gasteiger partial charge in [0.2, 0.25) is 11.8 Å². The molecule has 0 fully saturated rings. The molecule has 0 aromatic heterocycles. The van der Waals surface area contributed by atoms with Crippen molar-refractivity contribution in [2.45, 2.75) is 38.6 Å². The Hall–Kier alpha value is -2.37. The van der Waals surface area contributed by atoms with Gasteiger partial charge in [-0.05, 0) is 18.9 Å². The van der Waals surface area contributed by atoms with E-state index in [0.29, 0.717) is 13.0 Å². The zero-order chi connectivity index (χ0) is 16.4. The maximum absolute atomic E-state index is 11.8. The third-order valence-electron chi connectivity index (χ3n) is 3.10. The standard InChI is InChI=1S/C16H22N2O4/c1-2-17-14(19)9-6-10-15(20)18-13(16(21)22)11-12-7-4-3-5-8-12/h3-5,7-8,13H,2,6,9-11H2,1H3,(H,17,19)(H,18,20)(H,21,22)/t13-/m1/s1. The number of carbonyl (C=O) groups is 3. The zero-order valence-electron chi connectivity index (χ0n) is 12.7. The second-order valence-corrected chi connectivity index (χ2v) is 4.96. The lowest BCUT2D eigenvalue weighted by Crippen LogP contribution is -2.42. The molecule has 1 atom stereocenters. The number of benzene rings is 1. The molecule has 120 valence electrons. The molecule has 0 heterocycles. The van der Waals surface area contributed by atoms with E-state index in [0.717, 1.165) is 5.56 Å². The minimum Gasteiger partial charge on any atom is -0.480 e. The monoisotopic (exact) mass is 306 g/mol. The first-order valence-electron chi connectivity index (χ1n) is 7.35. The van der Waals surface area contributed by atoms with Gasteiger partial charge in [0.15, 0.2) is 0 Å². The Morgan fingerprint density at radius 2 is 1.73 bits per heavy atom. The minimum absolute atomic E-state index is 0.102. The fourth-order valence-corrected chi connectivity index (χ4v) is 2.01. The van der Waals surface area contributed by atoms with Crippen LogP contribution in [0.2, 0.25) is 0 Å². The van der Waals surface area contributed by atoms with E-state index >= 15 is 0 Å². The topological polar surface area (TPSA) is 95.5 Å². The molecule has 0 aliphatic rings. The first-order chi connectivity index (χ1) is 10.5. The van der Waals surface area contributed by atoms with Crippen LogP contribution in [0.4, 0.5) is 0 Å². The van der Waals surface area contributed by atoms with E-state index < -0.39 is 12.0 Å². The molecule has 1 aromatic carbocycles. The third-order valence-corrected chi connectivity index (χ3v) is 3.10. The van der Waals surface area contributed by atoms with Crippen molar-refractivity contribution in [3.05, 3.63) is 35.9 Å². The number of hydrogen-bond acceptors (Lipinski definition) is 3. The summed E-state index contributed by atoms with van der Waals surface area (Å²) in [7, 11) is 0. The molecule has 0 saturated heterocycles. The Labute approximate surface area is 129 Å². The predicted octanol–water partition coefficient (Wildman–Crippen LogP) is 1.10. The normalized spacial score (nSPS) is 11.5. The Balaban J connectivity index is 2.41. The van der Waals surface area contributed by atoms with Crippen molar-refractivity contribution >= 4 is 17.8 Å². The highest BCUT2D eigenvalue weighted by molar-refractivity contribution is 5.84. The average Bonchev–Trinajstić information content (AvgIpc) is 2.48. The van der Waals surface area contributed by atoms with Crippen LogP contribution in [0.15, 0.2) is 30.3 Å². The lowest BCUT2D eigenvalue weighted by Gasteiger charge is -2.14. The SMILES string of the molecule is CCNC(=O)CCCC(=O)N[C@H](Cc1ccccc1)C(=O)O. The van der Waals surface area contributed by atoms with Crippen LogP contribution >= 0.6 is 0 Å². The number of hydrogen-bond donors (Lipinski definition) is 3. The van der Waals surface area contributed by atoms with E-state index in [1.165, 1.54) is 0 Å². The summed E-state index contributed by atoms with van der Waals surface area (Å²) in [6, 6.07) is 8.16. The first-order valence-corrected chi connectivity index (χ1v) is 7.35. The fraction of sp³-hybridized carbons (Fsp3) is 0.438. The molecular formula is C16H22N2O4. The van der Waals surface area contributed by atoms with Crippen LogP contribution in [0.1, 0.15) is 31.7 Å². The summed E-state index contributed by atoms with van der Waals surface area (Å²) in [4.78, 5) is 34.3. The predicted molar refractivity (Wildman–Crippen MR) is 82.2 cm³/mol. The Morgan fingerprint density at radius 3 is 2.32 bits per heavy atom. The highest BCUT2D eigenvalue weighted by atomic mass is 16.4. The van der Waals surface area contributed by atoms with Crippen molar-refractivity contribution in [2.24, 2.45) is 0 Å². The van der Waals surface area contributed by atoms with Gasteiger partial charge in [-0.25, -0.2) is 4.79 Å². The highest BCUT2D eigenvalue weighted by Gasteiger charge is 2.20. The molecule has 6 nitrogen and oxygen atoms in total. The van der Waals surface area contributed by atoms with E-state index in [-0.39, 0.29) is 31.1 Å². The molecule has 3 N–H and O–H groups in total. The van der Waals surface area contributed by atoms with Crippen LogP contribution in [0.5, 0.6) is 0 Å². The molecule has 22 heavy (non-hydrogen) atoms. The van der Waals surface area contributed by atoms with Gasteiger partial charge >= 0.3 is 5.97 Å². The quantitative estimate of drug-likeness (QED) is 0.637. The van der Waals surface area contributed by atoms with Gasteiger partial charge in [0, 0.05) is 25.8 Å². The summed E-state index contributed by atoms with van der Waals surface area (Å²) in [5.41, 5.74) is 0.845. The number of nitrogens with one attached hydrogen (secondary N) is 2. The van der Waals surface area contributed by atoms with Gasteiger partial charge < -0.3 is 15.7 Å². The van der Waals surface area contributed by atoms with Crippen molar-refractivity contribution in [1.82, 2.24) is 10.6 Å². The van der Waals surface area contributed by atoms with Crippen LogP contribution in [0.25, 0.3) is 0 Å². The molecule has 2 amide bonds. The average molecular weight is 306 g/mol. The molecule has 0 bridgehead atoms. The molecule has 0 aliphatic carbocycles. The second-order valence-electron chi connectivity index (χ2n) is 4.96. The van der Waals surface area contributed by atoms with Crippen LogP contribution in [0, 0.1) is 0 Å². The van der Waals surface area contributed by atoms with Crippen LogP contribution in [-0.2, 0) is 20.8 Å². The summed E-state index contributed by atoms with van der Waals surface area (Å²) in [5.74, 6) is -1.53. The number of aliphatic carboxylic acids is 1. The van der Waals surface area contributed by atoms with Crippen LogP contribution in [-0.4, -0.2) is 35.5 Å². The summed E-state index contributed by atoms with van der Waals surface area (Å²) in [6.07, 6.45) is 1.03. The smallest absolute Gasteiger partial charge is 0.326 e. The van der Waals surface area contributed by atoms with Crippen LogP contribution < -0.4 is 10.6 Å². The van der Waals surface area contributed by atoms with Gasteiger partial charge in [0.1, 0.15) is 6.04 Å². The summed E-state index contributed by atoms with van der Waals surface area (Å²) >= 11 is 0. The summed E-state index contributed by atoms with van der Waals surface area (Å²) < 4.78 is 0. The van der Waals surface area contributed by atoms with Gasteiger partial charge in [-0.3, -0.25) is 9.59 Å². The molecular weight excluding hydrogens is 284 g/mol. The maximum atomic E-state index is 11.8. The number of carboxylic acid groups (broad SMARTS) is 1. The lowest BCUT2D eigenvalue weighted by atomic mass is 10.1.